The molecule has 0 aliphatic heterocycles. The molecule has 1 heteroatoms. The predicted octanol–water partition coefficient (Wildman–Crippen LogP) is 2.69. The zero-order valence-electron chi connectivity index (χ0n) is 7.54. The van der Waals surface area contributed by atoms with Crippen molar-refractivity contribution in [1.29, 1.82) is 0 Å². The van der Waals surface area contributed by atoms with Crippen molar-refractivity contribution < 1.29 is 0 Å². The van der Waals surface area contributed by atoms with Gasteiger partial charge in [-0.2, -0.15) is 0 Å². The first-order chi connectivity index (χ1) is 5.79. The molecule has 0 amide bonds. The molecule has 0 atom stereocenters. The van der Waals surface area contributed by atoms with E-state index in [0.717, 1.165) is 5.56 Å². The Morgan fingerprint density at radius 3 is 2.75 bits per heavy atom. The molecule has 1 rings (SSSR count). The molecule has 1 aromatic carbocycles. The van der Waals surface area contributed by atoms with Crippen molar-refractivity contribution in [3.63, 3.8) is 0 Å². The summed E-state index contributed by atoms with van der Waals surface area (Å²) in [5.74, 6) is 0. The summed E-state index contributed by atoms with van der Waals surface area (Å²) in [5, 5.41) is 0. The van der Waals surface area contributed by atoms with Crippen LogP contribution in [-0.4, -0.2) is 13.3 Å². The fourth-order valence-electron chi connectivity index (χ4n) is 1.23. The summed E-state index contributed by atoms with van der Waals surface area (Å²) < 4.78 is 0. The fourth-order valence-corrected chi connectivity index (χ4v) is 1.23. The van der Waals surface area contributed by atoms with Crippen molar-refractivity contribution in [3.8, 4) is 0 Å². The van der Waals surface area contributed by atoms with Crippen LogP contribution in [0.1, 0.15) is 16.7 Å². The molecule has 0 aromatic heterocycles. The second-order valence-electron chi connectivity index (χ2n) is 2.67. The van der Waals surface area contributed by atoms with Crippen LogP contribution < -0.4 is 0 Å². The highest BCUT2D eigenvalue weighted by Gasteiger charge is 1.97. The van der Waals surface area contributed by atoms with Gasteiger partial charge in [0.15, 0.2) is 0 Å². The van der Waals surface area contributed by atoms with Gasteiger partial charge in [-0.25, -0.2) is 0 Å². The van der Waals surface area contributed by atoms with E-state index in [1.165, 1.54) is 11.1 Å². The van der Waals surface area contributed by atoms with Crippen LogP contribution in [0.15, 0.2) is 29.8 Å². The monoisotopic (exact) mass is 159 g/mol. The maximum atomic E-state index is 3.98. The van der Waals surface area contributed by atoms with Crippen LogP contribution in [0.4, 0.5) is 0 Å². The van der Waals surface area contributed by atoms with Crippen LogP contribution in [0.5, 0.6) is 0 Å². The third-order valence-electron chi connectivity index (χ3n) is 1.83. The average Bonchev–Trinajstić information content (AvgIpc) is 2.05. The first-order valence-corrected chi connectivity index (χ1v) is 3.94. The first-order valence-electron chi connectivity index (χ1n) is 3.94. The number of nitrogens with zero attached hydrogens (tertiary/aromatic N) is 1. The molecule has 0 heterocycles. The molecule has 0 fully saturated rings. The van der Waals surface area contributed by atoms with Gasteiger partial charge in [-0.15, -0.1) is 0 Å². The van der Waals surface area contributed by atoms with Crippen LogP contribution >= 0.6 is 0 Å². The Hall–Kier alpha value is -1.37. The van der Waals surface area contributed by atoms with Crippen molar-refractivity contribution >= 4 is 12.3 Å². The summed E-state index contributed by atoms with van der Waals surface area (Å²) in [6, 6.07) is 6.14. The van der Waals surface area contributed by atoms with Crippen molar-refractivity contribution in [3.05, 3.63) is 41.5 Å². The maximum absolute atomic E-state index is 3.98. The first kappa shape index (κ1) is 8.72. The van der Waals surface area contributed by atoms with E-state index in [1.54, 1.807) is 7.05 Å². The normalized spacial score (nSPS) is 10.5. The Bertz CT molecular complexity index is 311. The molecule has 0 unspecified atom stereocenters. The molecule has 12 heavy (non-hydrogen) atoms. The number of rotatable bonds is 2. The van der Waals surface area contributed by atoms with Crippen LogP contribution in [0.3, 0.4) is 0 Å². The van der Waals surface area contributed by atoms with Gasteiger partial charge in [-0.05, 0) is 23.6 Å². The minimum Gasteiger partial charge on any atom is -0.296 e. The van der Waals surface area contributed by atoms with Gasteiger partial charge in [0.05, 0.1) is 0 Å². The Morgan fingerprint density at radius 1 is 1.42 bits per heavy atom. The molecule has 0 bridgehead atoms. The summed E-state index contributed by atoms with van der Waals surface area (Å²) in [4.78, 5) is 3.98. The van der Waals surface area contributed by atoms with Crippen molar-refractivity contribution in [2.24, 2.45) is 4.99 Å². The largest absolute Gasteiger partial charge is 0.296 e. The van der Waals surface area contributed by atoms with Crippen LogP contribution in [-0.2, 0) is 0 Å². The van der Waals surface area contributed by atoms with E-state index in [-0.39, 0.29) is 0 Å². The van der Waals surface area contributed by atoms with Gasteiger partial charge in [0.25, 0.3) is 0 Å². The Labute approximate surface area is 73.5 Å². The molecule has 62 valence electrons. The highest BCUT2D eigenvalue weighted by Crippen LogP contribution is 2.13. The Morgan fingerprint density at radius 2 is 2.17 bits per heavy atom. The van der Waals surface area contributed by atoms with E-state index < -0.39 is 0 Å². The zero-order valence-corrected chi connectivity index (χ0v) is 7.54. The summed E-state index contributed by atoms with van der Waals surface area (Å²) in [7, 11) is 1.77. The second-order valence-corrected chi connectivity index (χ2v) is 2.67. The fraction of sp³-hybridized carbons (Fsp3) is 0.182. The molecule has 0 radical (unpaired) electrons. The lowest BCUT2D eigenvalue weighted by Gasteiger charge is -2.03. The number of hydrogen-bond donors (Lipinski definition) is 0. The van der Waals surface area contributed by atoms with Gasteiger partial charge in [-0.1, -0.05) is 30.9 Å². The Kier molecular flexibility index (Phi) is 2.81. The quantitative estimate of drug-likeness (QED) is 0.588. The molecule has 0 saturated carbocycles. The molecule has 0 spiro atoms. The predicted molar refractivity (Wildman–Crippen MR) is 54.8 cm³/mol. The van der Waals surface area contributed by atoms with E-state index in [2.05, 4.69) is 24.6 Å². The van der Waals surface area contributed by atoms with Gasteiger partial charge < -0.3 is 0 Å². The number of aryl methyl sites for hydroxylation is 1. The van der Waals surface area contributed by atoms with Crippen molar-refractivity contribution in [2.45, 2.75) is 6.92 Å². The molecule has 0 aliphatic carbocycles. The van der Waals surface area contributed by atoms with E-state index in [4.69, 9.17) is 0 Å². The minimum absolute atomic E-state index is 1.13. The molecule has 1 nitrogen and oxygen atoms in total. The Balaban J connectivity index is 3.27. The van der Waals surface area contributed by atoms with Crippen LogP contribution in [0.25, 0.3) is 6.08 Å². The van der Waals surface area contributed by atoms with Gasteiger partial charge in [0.2, 0.25) is 0 Å². The number of hydrogen-bond acceptors (Lipinski definition) is 1. The highest BCUT2D eigenvalue weighted by atomic mass is 14.6. The van der Waals surface area contributed by atoms with E-state index in [1.807, 2.05) is 24.4 Å². The third kappa shape index (κ3) is 1.62. The smallest absolute Gasteiger partial charge is 0.0287 e. The van der Waals surface area contributed by atoms with Crippen LogP contribution in [0, 0.1) is 6.92 Å². The lowest BCUT2D eigenvalue weighted by molar-refractivity contribution is 1.41. The van der Waals surface area contributed by atoms with Gasteiger partial charge >= 0.3 is 0 Å². The molecule has 1 aromatic rings. The minimum atomic E-state index is 1.13. The average molecular weight is 159 g/mol. The molecular formula is C11H13N. The third-order valence-corrected chi connectivity index (χ3v) is 1.83. The van der Waals surface area contributed by atoms with Gasteiger partial charge in [0, 0.05) is 13.3 Å². The summed E-state index contributed by atoms with van der Waals surface area (Å²) in [5.41, 5.74) is 3.54. The molecular weight excluding hydrogens is 146 g/mol. The van der Waals surface area contributed by atoms with E-state index >= 15 is 0 Å². The highest BCUT2D eigenvalue weighted by molar-refractivity contribution is 5.86. The topological polar surface area (TPSA) is 12.4 Å². The maximum Gasteiger partial charge on any atom is 0.0287 e. The van der Waals surface area contributed by atoms with E-state index in [9.17, 15) is 0 Å². The molecule has 0 saturated heterocycles. The zero-order chi connectivity index (χ0) is 8.97. The summed E-state index contributed by atoms with van der Waals surface area (Å²) >= 11 is 0. The number of benzene rings is 1. The van der Waals surface area contributed by atoms with Crippen molar-refractivity contribution in [2.75, 3.05) is 7.05 Å². The molecule has 0 N–H and O–H groups in total. The molecule has 0 aliphatic rings. The summed E-state index contributed by atoms with van der Waals surface area (Å²) in [6.45, 7) is 5.85. The number of aliphatic imine (C=N–C) groups is 1. The van der Waals surface area contributed by atoms with Crippen molar-refractivity contribution in [1.82, 2.24) is 0 Å². The van der Waals surface area contributed by atoms with E-state index in [0.29, 0.717) is 0 Å². The lowest BCUT2D eigenvalue weighted by atomic mass is 10.0. The lowest BCUT2D eigenvalue weighted by Crippen LogP contribution is -1.89. The van der Waals surface area contributed by atoms with Crippen LogP contribution in [0.2, 0.25) is 0 Å². The van der Waals surface area contributed by atoms with Gasteiger partial charge in [0.1, 0.15) is 0 Å². The SMILES string of the molecule is C=Cc1c(C)cccc1/C=N\C. The van der Waals surface area contributed by atoms with Gasteiger partial charge in [-0.3, -0.25) is 4.99 Å². The summed E-state index contributed by atoms with van der Waals surface area (Å²) in [6.07, 6.45) is 3.72. The second kappa shape index (κ2) is 3.86. The standard InChI is InChI=1S/C11H13N/c1-4-11-9(2)6-5-7-10(11)8-12-3/h4-8H,1H2,2-3H3/b12-8-.